The zero-order chi connectivity index (χ0) is 22.4. The van der Waals surface area contributed by atoms with Gasteiger partial charge in [-0.25, -0.2) is 14.4 Å². The topological polar surface area (TPSA) is 68.1 Å². The minimum atomic E-state index is -1.000. The summed E-state index contributed by atoms with van der Waals surface area (Å²) in [6.07, 6.45) is 3.01. The molecule has 0 saturated carbocycles. The summed E-state index contributed by atoms with van der Waals surface area (Å²) in [7, 11) is 1.75. The largest absolute Gasteiger partial charge is 0.379 e. The number of likely N-dealkylation sites (tertiary alicyclic amines) is 1. The maximum atomic E-state index is 15.3. The van der Waals surface area contributed by atoms with Crippen molar-refractivity contribution in [3.63, 3.8) is 0 Å². The molecule has 3 aromatic rings. The second kappa shape index (κ2) is 8.74. The Labute approximate surface area is 195 Å². The van der Waals surface area contributed by atoms with Gasteiger partial charge in [0.25, 0.3) is 0 Å². The van der Waals surface area contributed by atoms with E-state index < -0.39 is 6.17 Å². The molecule has 2 aliphatic rings. The van der Waals surface area contributed by atoms with Crippen LogP contribution in [0.4, 0.5) is 16.0 Å². The van der Waals surface area contributed by atoms with E-state index in [0.29, 0.717) is 58.9 Å². The summed E-state index contributed by atoms with van der Waals surface area (Å²) in [4.78, 5) is 11.2. The van der Waals surface area contributed by atoms with Crippen molar-refractivity contribution in [2.45, 2.75) is 31.5 Å². The fourth-order valence-corrected chi connectivity index (χ4v) is 5.19. The van der Waals surface area contributed by atoms with Crippen LogP contribution in [0.1, 0.15) is 24.8 Å². The second-order valence-electron chi connectivity index (χ2n) is 8.71. The lowest BCUT2D eigenvalue weighted by molar-refractivity contribution is 0.0659. The first-order chi connectivity index (χ1) is 15.4. The molecule has 4 atom stereocenters. The molecule has 0 spiro atoms. The third kappa shape index (κ3) is 4.05. The van der Waals surface area contributed by atoms with Crippen LogP contribution < -0.4 is 5.32 Å². The second-order valence-corrected chi connectivity index (χ2v) is 9.48. The molecule has 1 aromatic carbocycles. The normalized spacial score (nSPS) is 26.7. The van der Waals surface area contributed by atoms with Gasteiger partial charge in [0.05, 0.1) is 30.6 Å². The Balaban J connectivity index is 1.39. The number of alkyl halides is 1. The molecule has 32 heavy (non-hydrogen) atoms. The first kappa shape index (κ1) is 21.8. The summed E-state index contributed by atoms with van der Waals surface area (Å²) in [5, 5.41) is 9.00. The van der Waals surface area contributed by atoms with E-state index in [2.05, 4.69) is 32.2 Å². The molecule has 2 aliphatic heterocycles. The van der Waals surface area contributed by atoms with E-state index in [1.165, 1.54) is 0 Å². The third-order valence-electron chi connectivity index (χ3n) is 6.58. The number of aromatic nitrogens is 4. The van der Waals surface area contributed by atoms with E-state index in [9.17, 15) is 0 Å². The molecule has 170 valence electrons. The number of aryl methyl sites for hydroxylation is 1. The molecule has 4 heterocycles. The Bertz CT molecular complexity index is 1140. The molecular formula is C22H25Cl2FN6O. The van der Waals surface area contributed by atoms with Gasteiger partial charge >= 0.3 is 0 Å². The van der Waals surface area contributed by atoms with Crippen LogP contribution in [0.5, 0.6) is 0 Å². The Hall–Kier alpha value is -2.00. The minimum absolute atomic E-state index is 0.264. The van der Waals surface area contributed by atoms with Gasteiger partial charge in [-0.3, -0.25) is 9.58 Å². The van der Waals surface area contributed by atoms with Crippen LogP contribution in [-0.4, -0.2) is 63.2 Å². The lowest BCUT2D eigenvalue weighted by Gasteiger charge is -2.39. The maximum absolute atomic E-state index is 15.3. The number of hydrogen-bond donors (Lipinski definition) is 1. The summed E-state index contributed by atoms with van der Waals surface area (Å²) < 4.78 is 22.5. The number of ether oxygens (including phenoxy) is 1. The molecule has 0 unspecified atom stereocenters. The number of piperidine rings is 1. The van der Waals surface area contributed by atoms with Crippen LogP contribution in [0.15, 0.2) is 24.5 Å². The summed E-state index contributed by atoms with van der Waals surface area (Å²) in [5.74, 6) is 0.557. The predicted molar refractivity (Wildman–Crippen MR) is 124 cm³/mol. The number of halogens is 3. The molecule has 2 saturated heterocycles. The summed E-state index contributed by atoms with van der Waals surface area (Å²) in [5.41, 5.74) is 2.12. The van der Waals surface area contributed by atoms with Crippen molar-refractivity contribution >= 4 is 45.7 Å². The van der Waals surface area contributed by atoms with Gasteiger partial charge in [0.1, 0.15) is 11.3 Å². The highest BCUT2D eigenvalue weighted by Crippen LogP contribution is 2.38. The average molecular weight is 479 g/mol. The van der Waals surface area contributed by atoms with Gasteiger partial charge in [-0.15, -0.1) is 0 Å². The Kier molecular flexibility index (Phi) is 5.96. The van der Waals surface area contributed by atoms with Crippen LogP contribution in [-0.2, 0) is 11.8 Å². The highest BCUT2D eigenvalue weighted by atomic mass is 35.5. The summed E-state index contributed by atoms with van der Waals surface area (Å²) in [6, 6.07) is 4.00. The number of anilines is 2. The van der Waals surface area contributed by atoms with Crippen molar-refractivity contribution in [1.82, 2.24) is 24.6 Å². The Morgan fingerprint density at radius 1 is 1.22 bits per heavy atom. The van der Waals surface area contributed by atoms with E-state index in [0.717, 1.165) is 24.1 Å². The smallest absolute Gasteiger partial charge is 0.227 e. The molecule has 1 N–H and O–H groups in total. The van der Waals surface area contributed by atoms with Crippen molar-refractivity contribution in [3.8, 4) is 0 Å². The van der Waals surface area contributed by atoms with Crippen molar-refractivity contribution < 1.29 is 9.13 Å². The molecule has 10 heteroatoms. The average Bonchev–Trinajstić information content (AvgIpc) is 3.34. The van der Waals surface area contributed by atoms with Crippen molar-refractivity contribution in [3.05, 3.63) is 40.3 Å². The first-order valence-corrected chi connectivity index (χ1v) is 11.5. The number of hydrogen-bond acceptors (Lipinski definition) is 6. The minimum Gasteiger partial charge on any atom is -0.379 e. The highest BCUT2D eigenvalue weighted by Gasteiger charge is 2.38. The van der Waals surface area contributed by atoms with Gasteiger partial charge in [0, 0.05) is 42.2 Å². The van der Waals surface area contributed by atoms with Gasteiger partial charge in [0.2, 0.25) is 5.95 Å². The molecule has 7 nitrogen and oxygen atoms in total. The standard InChI is InChI=1S/C22H25Cl2FN6O/c1-12-10-32-11-20(12)31-4-3-14(17(25)9-31)15-6-18-13(5-16(15)23)7-26-22(28-18)29-19-8-27-30(2)21(19)24/h5-8,12,14,17,20H,3-4,9-11H2,1-2H3,(H,26,28,29)/t12-,14-,17+,20+/m1/s1. The molecule has 0 radical (unpaired) electrons. The SMILES string of the molecule is C[C@@H]1COC[C@@H]1N1CC[C@H](c2cc3nc(Nc4cnn(C)c4Cl)ncc3cc2Cl)[C@@H](F)C1. The zero-order valence-corrected chi connectivity index (χ0v) is 19.4. The maximum Gasteiger partial charge on any atom is 0.227 e. The molecule has 0 amide bonds. The molecule has 5 rings (SSSR count). The predicted octanol–water partition coefficient (Wildman–Crippen LogP) is 4.58. The van der Waals surface area contributed by atoms with Gasteiger partial charge in [-0.05, 0) is 36.6 Å². The van der Waals surface area contributed by atoms with Crippen LogP contribution in [0.3, 0.4) is 0 Å². The van der Waals surface area contributed by atoms with Gasteiger partial charge in [-0.1, -0.05) is 30.1 Å². The Morgan fingerprint density at radius 2 is 2.06 bits per heavy atom. The lowest BCUT2D eigenvalue weighted by Crippen LogP contribution is -2.48. The number of nitrogens with one attached hydrogen (secondary N) is 1. The number of benzene rings is 1. The summed E-state index contributed by atoms with van der Waals surface area (Å²) in [6.45, 7) is 4.82. The fraction of sp³-hybridized carbons (Fsp3) is 0.500. The highest BCUT2D eigenvalue weighted by molar-refractivity contribution is 6.32. The van der Waals surface area contributed by atoms with E-state index >= 15 is 4.39 Å². The van der Waals surface area contributed by atoms with Gasteiger partial charge in [-0.2, -0.15) is 5.10 Å². The van der Waals surface area contributed by atoms with E-state index in [4.69, 9.17) is 27.9 Å². The number of nitrogens with zero attached hydrogens (tertiary/aromatic N) is 5. The Morgan fingerprint density at radius 3 is 2.75 bits per heavy atom. The number of fused-ring (bicyclic) bond motifs is 1. The van der Waals surface area contributed by atoms with Crippen molar-refractivity contribution in [1.29, 1.82) is 0 Å². The van der Waals surface area contributed by atoms with Crippen LogP contribution in [0.25, 0.3) is 10.9 Å². The molecular weight excluding hydrogens is 454 g/mol. The molecule has 2 fully saturated rings. The van der Waals surface area contributed by atoms with E-state index in [1.807, 2.05) is 12.1 Å². The third-order valence-corrected chi connectivity index (χ3v) is 7.35. The fourth-order valence-electron chi connectivity index (χ4n) is 4.73. The van der Waals surface area contributed by atoms with E-state index in [-0.39, 0.29) is 5.92 Å². The molecule has 0 bridgehead atoms. The van der Waals surface area contributed by atoms with Crippen molar-refractivity contribution in [2.24, 2.45) is 13.0 Å². The van der Waals surface area contributed by atoms with Crippen LogP contribution in [0.2, 0.25) is 10.2 Å². The van der Waals surface area contributed by atoms with Gasteiger partial charge < -0.3 is 10.1 Å². The number of rotatable bonds is 4. The van der Waals surface area contributed by atoms with Crippen LogP contribution >= 0.6 is 23.2 Å². The quantitative estimate of drug-likeness (QED) is 0.591. The van der Waals surface area contributed by atoms with Crippen LogP contribution in [0, 0.1) is 5.92 Å². The van der Waals surface area contributed by atoms with E-state index in [1.54, 1.807) is 24.1 Å². The van der Waals surface area contributed by atoms with Gasteiger partial charge in [0.15, 0.2) is 0 Å². The monoisotopic (exact) mass is 478 g/mol. The van der Waals surface area contributed by atoms with Crippen molar-refractivity contribution in [2.75, 3.05) is 31.6 Å². The first-order valence-electron chi connectivity index (χ1n) is 10.8. The summed E-state index contributed by atoms with van der Waals surface area (Å²) >= 11 is 12.8. The zero-order valence-electron chi connectivity index (χ0n) is 17.9. The molecule has 0 aliphatic carbocycles. The molecule has 2 aromatic heterocycles. The lowest BCUT2D eigenvalue weighted by atomic mass is 9.86.